The first kappa shape index (κ1) is 17.9. The first-order valence-corrected chi connectivity index (χ1v) is 8.34. The lowest BCUT2D eigenvalue weighted by molar-refractivity contribution is -0.0783. The van der Waals surface area contributed by atoms with Crippen molar-refractivity contribution in [3.05, 3.63) is 0 Å². The quantitative estimate of drug-likeness (QED) is 0.833. The Balaban J connectivity index is 0.000000956. The van der Waals surface area contributed by atoms with E-state index in [1.165, 1.54) is 19.3 Å². The SMILES string of the molecule is CC.COC(C)C1CCCC(OC2CNCC(C)N2)C1. The van der Waals surface area contributed by atoms with Crippen LogP contribution in [0, 0.1) is 5.92 Å². The van der Waals surface area contributed by atoms with Gasteiger partial charge in [0.05, 0.1) is 12.2 Å². The Morgan fingerprint density at radius 2 is 1.90 bits per heavy atom. The minimum atomic E-state index is 0.176. The summed E-state index contributed by atoms with van der Waals surface area (Å²) < 4.78 is 11.7. The van der Waals surface area contributed by atoms with Gasteiger partial charge >= 0.3 is 0 Å². The first-order valence-electron chi connectivity index (χ1n) is 8.34. The van der Waals surface area contributed by atoms with Crippen molar-refractivity contribution in [3.63, 3.8) is 0 Å². The number of rotatable bonds is 4. The lowest BCUT2D eigenvalue weighted by Crippen LogP contribution is -2.55. The molecule has 1 saturated heterocycles. The van der Waals surface area contributed by atoms with Gasteiger partial charge in [-0.05, 0) is 39.0 Å². The maximum Gasteiger partial charge on any atom is 0.121 e. The number of nitrogens with one attached hydrogen (secondary N) is 2. The standard InChI is InChI=1S/C14H28N2O2.C2H6/c1-10-8-15-9-14(16-10)18-13-6-4-5-12(7-13)11(2)17-3;1-2/h10-16H,4-9H2,1-3H3;1-2H3. The third-order valence-electron chi connectivity index (χ3n) is 4.31. The number of hydrogen-bond donors (Lipinski definition) is 2. The van der Waals surface area contributed by atoms with Crippen molar-refractivity contribution >= 4 is 0 Å². The molecule has 4 heteroatoms. The van der Waals surface area contributed by atoms with Crippen LogP contribution in [-0.4, -0.2) is 44.7 Å². The van der Waals surface area contributed by atoms with Crippen LogP contribution in [0.3, 0.4) is 0 Å². The molecule has 5 atom stereocenters. The summed E-state index contributed by atoms with van der Waals surface area (Å²) in [7, 11) is 1.81. The van der Waals surface area contributed by atoms with Crippen LogP contribution in [0.25, 0.3) is 0 Å². The highest BCUT2D eigenvalue weighted by molar-refractivity contribution is 4.81. The van der Waals surface area contributed by atoms with E-state index in [0.717, 1.165) is 19.5 Å². The molecule has 2 fully saturated rings. The predicted octanol–water partition coefficient (Wildman–Crippen LogP) is 2.53. The predicted molar refractivity (Wildman–Crippen MR) is 83.9 cm³/mol. The molecular weight excluding hydrogens is 252 g/mol. The van der Waals surface area contributed by atoms with E-state index in [2.05, 4.69) is 24.5 Å². The van der Waals surface area contributed by atoms with E-state index in [1.54, 1.807) is 0 Å². The number of methoxy groups -OCH3 is 1. The van der Waals surface area contributed by atoms with Crippen molar-refractivity contribution in [1.29, 1.82) is 0 Å². The summed E-state index contributed by atoms with van der Waals surface area (Å²) in [6.07, 6.45) is 5.80. The van der Waals surface area contributed by atoms with Gasteiger partial charge in [-0.3, -0.25) is 5.32 Å². The fraction of sp³-hybridized carbons (Fsp3) is 1.00. The fourth-order valence-electron chi connectivity index (χ4n) is 3.11. The monoisotopic (exact) mass is 286 g/mol. The molecule has 0 spiro atoms. The van der Waals surface area contributed by atoms with Crippen molar-refractivity contribution in [1.82, 2.24) is 10.6 Å². The molecule has 20 heavy (non-hydrogen) atoms. The lowest BCUT2D eigenvalue weighted by Gasteiger charge is -2.37. The lowest BCUT2D eigenvalue weighted by atomic mass is 9.84. The first-order chi connectivity index (χ1) is 9.69. The van der Waals surface area contributed by atoms with Gasteiger partial charge in [0.2, 0.25) is 0 Å². The maximum atomic E-state index is 6.20. The van der Waals surface area contributed by atoms with Crippen LogP contribution in [0.4, 0.5) is 0 Å². The van der Waals surface area contributed by atoms with E-state index < -0.39 is 0 Å². The van der Waals surface area contributed by atoms with E-state index in [4.69, 9.17) is 9.47 Å². The number of ether oxygens (including phenoxy) is 2. The Bertz CT molecular complexity index is 251. The Morgan fingerprint density at radius 3 is 2.55 bits per heavy atom. The molecule has 0 aromatic rings. The summed E-state index contributed by atoms with van der Waals surface area (Å²) in [5.41, 5.74) is 0. The van der Waals surface area contributed by atoms with Crippen LogP contribution in [0.15, 0.2) is 0 Å². The van der Waals surface area contributed by atoms with E-state index in [9.17, 15) is 0 Å². The average Bonchev–Trinajstić information content (AvgIpc) is 2.49. The van der Waals surface area contributed by atoms with Gasteiger partial charge in [0.15, 0.2) is 0 Å². The smallest absolute Gasteiger partial charge is 0.121 e. The maximum absolute atomic E-state index is 6.20. The van der Waals surface area contributed by atoms with Crippen molar-refractivity contribution in [2.45, 2.75) is 77.9 Å². The average molecular weight is 286 g/mol. The fourth-order valence-corrected chi connectivity index (χ4v) is 3.11. The second kappa shape index (κ2) is 9.72. The Morgan fingerprint density at radius 1 is 1.15 bits per heavy atom. The van der Waals surface area contributed by atoms with Gasteiger partial charge in [0, 0.05) is 26.2 Å². The second-order valence-corrected chi connectivity index (χ2v) is 5.84. The Hall–Kier alpha value is -0.160. The van der Waals surface area contributed by atoms with Crippen molar-refractivity contribution in [2.75, 3.05) is 20.2 Å². The van der Waals surface area contributed by atoms with Gasteiger partial charge in [0.25, 0.3) is 0 Å². The summed E-state index contributed by atoms with van der Waals surface area (Å²) >= 11 is 0. The van der Waals surface area contributed by atoms with Crippen LogP contribution in [0.5, 0.6) is 0 Å². The third kappa shape index (κ3) is 5.68. The summed E-state index contributed by atoms with van der Waals surface area (Å²) in [4.78, 5) is 0. The molecular formula is C16H34N2O2. The molecule has 2 N–H and O–H groups in total. The van der Waals surface area contributed by atoms with Gasteiger partial charge in [-0.2, -0.15) is 0 Å². The van der Waals surface area contributed by atoms with Crippen LogP contribution >= 0.6 is 0 Å². The van der Waals surface area contributed by atoms with Crippen molar-refractivity contribution in [2.24, 2.45) is 5.92 Å². The van der Waals surface area contributed by atoms with Crippen molar-refractivity contribution < 1.29 is 9.47 Å². The van der Waals surface area contributed by atoms with Crippen LogP contribution in [0.1, 0.15) is 53.4 Å². The van der Waals surface area contributed by atoms with Crippen molar-refractivity contribution in [3.8, 4) is 0 Å². The zero-order valence-corrected chi connectivity index (χ0v) is 13.9. The second-order valence-electron chi connectivity index (χ2n) is 5.84. The molecule has 1 heterocycles. The molecule has 5 unspecified atom stereocenters. The van der Waals surface area contributed by atoms with E-state index in [1.807, 2.05) is 21.0 Å². The topological polar surface area (TPSA) is 42.5 Å². The summed E-state index contributed by atoms with van der Waals surface area (Å²) in [5.74, 6) is 0.655. The molecule has 2 aliphatic rings. The molecule has 1 saturated carbocycles. The Labute approximate surface area is 125 Å². The minimum absolute atomic E-state index is 0.176. The summed E-state index contributed by atoms with van der Waals surface area (Å²) in [5, 5.41) is 6.91. The van der Waals surface area contributed by atoms with Crippen LogP contribution < -0.4 is 10.6 Å². The summed E-state index contributed by atoms with van der Waals surface area (Å²) in [6, 6.07) is 0.501. The zero-order chi connectivity index (χ0) is 15.0. The molecule has 0 amide bonds. The van der Waals surface area contributed by atoms with Gasteiger partial charge in [-0.25, -0.2) is 0 Å². The molecule has 4 nitrogen and oxygen atoms in total. The Kier molecular flexibility index (Phi) is 8.69. The van der Waals surface area contributed by atoms with Gasteiger partial charge in [0.1, 0.15) is 6.23 Å². The highest BCUT2D eigenvalue weighted by atomic mass is 16.5. The van der Waals surface area contributed by atoms with Gasteiger partial charge in [-0.1, -0.05) is 20.3 Å². The highest BCUT2D eigenvalue weighted by Gasteiger charge is 2.29. The molecule has 0 bridgehead atoms. The molecule has 1 aliphatic carbocycles. The molecule has 120 valence electrons. The number of piperazine rings is 1. The molecule has 0 radical (unpaired) electrons. The molecule has 1 aliphatic heterocycles. The largest absolute Gasteiger partial charge is 0.381 e. The van der Waals surface area contributed by atoms with Crippen LogP contribution in [-0.2, 0) is 9.47 Å². The number of hydrogen-bond acceptors (Lipinski definition) is 4. The van der Waals surface area contributed by atoms with E-state index in [0.29, 0.717) is 24.2 Å². The molecule has 0 aromatic heterocycles. The molecule has 0 aromatic carbocycles. The third-order valence-corrected chi connectivity index (χ3v) is 4.31. The minimum Gasteiger partial charge on any atom is -0.381 e. The van der Waals surface area contributed by atoms with Crippen LogP contribution in [0.2, 0.25) is 0 Å². The van der Waals surface area contributed by atoms with E-state index >= 15 is 0 Å². The zero-order valence-electron chi connectivity index (χ0n) is 13.9. The molecule has 2 rings (SSSR count). The summed E-state index contributed by atoms with van der Waals surface area (Å²) in [6.45, 7) is 10.3. The van der Waals surface area contributed by atoms with Gasteiger partial charge < -0.3 is 14.8 Å². The normalized spacial score (nSPS) is 35.9. The van der Waals surface area contributed by atoms with Gasteiger partial charge in [-0.15, -0.1) is 0 Å². The van der Waals surface area contributed by atoms with E-state index in [-0.39, 0.29) is 6.23 Å². The highest BCUT2D eigenvalue weighted by Crippen LogP contribution is 2.30.